The van der Waals surface area contributed by atoms with Gasteiger partial charge in [-0.25, -0.2) is 9.97 Å². The number of halogens is 6. The Bertz CT molecular complexity index is 1430. The summed E-state index contributed by atoms with van der Waals surface area (Å²) in [6, 6.07) is 8.04. The number of fused-ring (bicyclic) bond motifs is 2. The number of pyridine rings is 2. The van der Waals surface area contributed by atoms with E-state index in [4.69, 9.17) is 5.73 Å². The summed E-state index contributed by atoms with van der Waals surface area (Å²) in [5, 5.41) is 11.3. The summed E-state index contributed by atoms with van der Waals surface area (Å²) in [6.07, 6.45) is -6.60. The molecule has 0 amide bonds. The van der Waals surface area contributed by atoms with Crippen molar-refractivity contribution in [3.8, 4) is 0 Å². The largest absolute Gasteiger partial charge is 0.451 e. The number of nitrogens with one attached hydrogen (secondary N) is 1. The van der Waals surface area contributed by atoms with Crippen molar-refractivity contribution in [1.82, 2.24) is 24.7 Å². The number of benzene rings is 1. The predicted molar refractivity (Wildman–Crippen MR) is 119 cm³/mol. The number of aromatic nitrogens is 5. The van der Waals surface area contributed by atoms with Crippen molar-refractivity contribution >= 4 is 28.1 Å². The summed E-state index contributed by atoms with van der Waals surface area (Å²) in [7, 11) is 0. The third kappa shape index (κ3) is 4.33. The van der Waals surface area contributed by atoms with Gasteiger partial charge in [0.2, 0.25) is 5.82 Å². The van der Waals surface area contributed by atoms with Crippen LogP contribution in [0.1, 0.15) is 22.8 Å². The fourth-order valence-electron chi connectivity index (χ4n) is 4.19. The van der Waals surface area contributed by atoms with Crippen LogP contribution in [0.5, 0.6) is 0 Å². The van der Waals surface area contributed by atoms with Crippen molar-refractivity contribution in [3.05, 3.63) is 65.5 Å². The van der Waals surface area contributed by atoms with Gasteiger partial charge in [-0.1, -0.05) is 12.1 Å². The van der Waals surface area contributed by atoms with E-state index in [1.165, 1.54) is 17.3 Å². The lowest BCUT2D eigenvalue weighted by molar-refractivity contribution is -0.147. The zero-order chi connectivity index (χ0) is 25.7. The maximum Gasteiger partial charge on any atom is 0.451 e. The van der Waals surface area contributed by atoms with Crippen LogP contribution in [0.4, 0.5) is 43.7 Å². The molecule has 8 nitrogen and oxygen atoms in total. The molecule has 1 aliphatic heterocycles. The highest BCUT2D eigenvalue weighted by Crippen LogP contribution is 2.38. The van der Waals surface area contributed by atoms with Crippen LogP contribution in [0.25, 0.3) is 10.8 Å². The minimum Gasteiger partial charge on any atom is -0.383 e. The van der Waals surface area contributed by atoms with Gasteiger partial charge in [0, 0.05) is 48.5 Å². The second-order valence-electron chi connectivity index (χ2n) is 8.17. The molecule has 3 N–H and O–H groups in total. The van der Waals surface area contributed by atoms with Gasteiger partial charge in [0.25, 0.3) is 0 Å². The van der Waals surface area contributed by atoms with E-state index in [0.717, 1.165) is 16.0 Å². The summed E-state index contributed by atoms with van der Waals surface area (Å²) >= 11 is 0. The Morgan fingerprint density at radius 3 is 2.50 bits per heavy atom. The van der Waals surface area contributed by atoms with Crippen LogP contribution in [0, 0.1) is 0 Å². The summed E-state index contributed by atoms with van der Waals surface area (Å²) in [4.78, 5) is 9.33. The van der Waals surface area contributed by atoms with Gasteiger partial charge >= 0.3 is 12.4 Å². The molecule has 0 spiro atoms. The molecule has 0 unspecified atom stereocenters. The van der Waals surface area contributed by atoms with Gasteiger partial charge in [-0.05, 0) is 23.8 Å². The standard InChI is InChI=1S/C22H18F6N8/c23-21(24,25)15-8-12(9-31-16-3-1-2-14-13(16)4-5-30-18(14)29)10-32-19(15)35-6-7-36-17(11-35)33-34-20(36)22(26,27)28/h1-5,8,10,31H,6-7,9,11H2,(H2,29,30). The summed E-state index contributed by atoms with van der Waals surface area (Å²) < 4.78 is 82.0. The van der Waals surface area contributed by atoms with Crippen LogP contribution >= 0.6 is 0 Å². The van der Waals surface area contributed by atoms with Gasteiger partial charge in [-0.3, -0.25) is 0 Å². The topological polar surface area (TPSA) is 97.8 Å². The monoisotopic (exact) mass is 508 g/mol. The molecule has 0 aliphatic carbocycles. The Morgan fingerprint density at radius 2 is 1.75 bits per heavy atom. The molecule has 4 aromatic rings. The fourth-order valence-corrected chi connectivity index (χ4v) is 4.19. The predicted octanol–water partition coefficient (Wildman–Crippen LogP) is 4.47. The first-order valence-corrected chi connectivity index (χ1v) is 10.7. The highest BCUT2D eigenvalue weighted by Gasteiger charge is 2.41. The number of nitrogens with zero attached hydrogens (tertiary/aromatic N) is 6. The van der Waals surface area contributed by atoms with E-state index in [-0.39, 0.29) is 43.4 Å². The molecule has 14 heteroatoms. The molecular weight excluding hydrogens is 490 g/mol. The normalized spacial score (nSPS) is 14.2. The Kier molecular flexibility index (Phi) is 5.60. The van der Waals surface area contributed by atoms with Crippen molar-refractivity contribution in [1.29, 1.82) is 0 Å². The smallest absolute Gasteiger partial charge is 0.383 e. The first kappa shape index (κ1) is 23.6. The quantitative estimate of drug-likeness (QED) is 0.393. The Hall–Kier alpha value is -4.10. The molecule has 188 valence electrons. The summed E-state index contributed by atoms with van der Waals surface area (Å²) in [6.45, 7) is -0.588. The SMILES string of the molecule is Nc1nccc2c(NCc3cnc(N4CCn5c(nnc5C(F)(F)F)C4)c(C(F)(F)F)c3)cccc12. The molecule has 1 aromatic carbocycles. The second-order valence-corrected chi connectivity index (χ2v) is 8.17. The number of hydrogen-bond donors (Lipinski definition) is 2. The minimum absolute atomic E-state index is 0.0426. The summed E-state index contributed by atoms with van der Waals surface area (Å²) in [5.41, 5.74) is 5.84. The molecule has 36 heavy (non-hydrogen) atoms. The van der Waals surface area contributed by atoms with Crippen molar-refractivity contribution in [2.75, 3.05) is 22.5 Å². The Balaban J connectivity index is 1.41. The third-order valence-electron chi connectivity index (χ3n) is 5.85. The average molecular weight is 508 g/mol. The first-order valence-electron chi connectivity index (χ1n) is 10.7. The number of rotatable bonds is 4. The van der Waals surface area contributed by atoms with E-state index in [1.807, 2.05) is 0 Å². The molecule has 5 rings (SSSR count). The third-order valence-corrected chi connectivity index (χ3v) is 5.85. The summed E-state index contributed by atoms with van der Waals surface area (Å²) in [5.74, 6) is -1.30. The number of hydrogen-bond acceptors (Lipinski definition) is 7. The molecule has 0 atom stereocenters. The zero-order valence-electron chi connectivity index (χ0n) is 18.4. The van der Waals surface area contributed by atoms with Gasteiger partial charge in [-0.2, -0.15) is 26.3 Å². The number of nitrogens with two attached hydrogens (primary N) is 1. The molecule has 0 fully saturated rings. The Morgan fingerprint density at radius 1 is 0.944 bits per heavy atom. The van der Waals surface area contributed by atoms with E-state index in [2.05, 4.69) is 25.5 Å². The van der Waals surface area contributed by atoms with Crippen molar-refractivity contribution < 1.29 is 26.3 Å². The van der Waals surface area contributed by atoms with Gasteiger partial charge in [0.15, 0.2) is 5.82 Å². The average Bonchev–Trinajstić information content (AvgIpc) is 3.26. The van der Waals surface area contributed by atoms with E-state index in [0.29, 0.717) is 16.9 Å². The van der Waals surface area contributed by atoms with Gasteiger partial charge < -0.3 is 20.5 Å². The van der Waals surface area contributed by atoms with Crippen LogP contribution < -0.4 is 16.0 Å². The van der Waals surface area contributed by atoms with Crippen LogP contribution in [0.2, 0.25) is 0 Å². The van der Waals surface area contributed by atoms with Crippen molar-refractivity contribution in [2.45, 2.75) is 32.0 Å². The van der Waals surface area contributed by atoms with Crippen LogP contribution in [-0.4, -0.2) is 31.3 Å². The fraction of sp³-hybridized carbons (Fsp3) is 0.273. The van der Waals surface area contributed by atoms with Gasteiger partial charge in [0.1, 0.15) is 11.6 Å². The highest BCUT2D eigenvalue weighted by molar-refractivity contribution is 5.99. The van der Waals surface area contributed by atoms with Crippen LogP contribution in [0.3, 0.4) is 0 Å². The first-order chi connectivity index (χ1) is 17.0. The molecule has 0 saturated carbocycles. The minimum atomic E-state index is -4.74. The van der Waals surface area contributed by atoms with Crippen molar-refractivity contribution in [3.63, 3.8) is 0 Å². The van der Waals surface area contributed by atoms with Gasteiger partial charge in [-0.15, -0.1) is 10.2 Å². The number of alkyl halides is 6. The molecule has 0 saturated heterocycles. The van der Waals surface area contributed by atoms with E-state index in [9.17, 15) is 26.3 Å². The maximum absolute atomic E-state index is 14.0. The lowest BCUT2D eigenvalue weighted by Gasteiger charge is -2.30. The molecule has 0 bridgehead atoms. The zero-order valence-corrected chi connectivity index (χ0v) is 18.4. The lowest BCUT2D eigenvalue weighted by Crippen LogP contribution is -2.37. The van der Waals surface area contributed by atoms with E-state index in [1.54, 1.807) is 24.3 Å². The molecule has 0 radical (unpaired) electrons. The maximum atomic E-state index is 14.0. The lowest BCUT2D eigenvalue weighted by atomic mass is 10.1. The number of nitrogen functional groups attached to an aromatic ring is 1. The highest BCUT2D eigenvalue weighted by atomic mass is 19.4. The molecule has 3 aromatic heterocycles. The van der Waals surface area contributed by atoms with E-state index >= 15 is 0 Å². The van der Waals surface area contributed by atoms with Gasteiger partial charge in [0.05, 0.1) is 12.1 Å². The van der Waals surface area contributed by atoms with Crippen molar-refractivity contribution in [2.24, 2.45) is 0 Å². The van der Waals surface area contributed by atoms with Crippen LogP contribution in [-0.2, 0) is 32.0 Å². The Labute approximate surface area is 199 Å². The van der Waals surface area contributed by atoms with Crippen LogP contribution in [0.15, 0.2) is 42.7 Å². The molecule has 4 heterocycles. The molecular formula is C22H18F6N8. The second kappa shape index (κ2) is 8.53. The number of anilines is 3. The van der Waals surface area contributed by atoms with E-state index < -0.39 is 23.7 Å². The molecule has 1 aliphatic rings.